The van der Waals surface area contributed by atoms with Crippen molar-refractivity contribution in [1.82, 2.24) is 9.80 Å². The molecule has 2 aliphatic heterocycles. The average Bonchev–Trinajstić information content (AvgIpc) is 3.11. The first-order chi connectivity index (χ1) is 16.9. The van der Waals surface area contributed by atoms with E-state index in [4.69, 9.17) is 4.74 Å². The number of imide groups is 1. The number of piperidine rings is 1. The van der Waals surface area contributed by atoms with Crippen molar-refractivity contribution in [1.29, 1.82) is 0 Å². The summed E-state index contributed by atoms with van der Waals surface area (Å²) in [6.07, 6.45) is 4.61. The van der Waals surface area contributed by atoms with Crippen LogP contribution >= 0.6 is 11.8 Å². The Hall–Kier alpha value is -3.59. The lowest BCUT2D eigenvalue weighted by atomic mass is 10.1. The topological polar surface area (TPSA) is 96.0 Å². The van der Waals surface area contributed by atoms with Gasteiger partial charge < -0.3 is 15.0 Å². The van der Waals surface area contributed by atoms with Gasteiger partial charge in [-0.05, 0) is 79.4 Å². The Balaban J connectivity index is 1.30. The molecule has 2 aliphatic rings. The lowest BCUT2D eigenvalue weighted by Gasteiger charge is -2.27. The number of nitrogens with one attached hydrogen (secondary N) is 1. The third-order valence-corrected chi connectivity index (χ3v) is 6.63. The lowest BCUT2D eigenvalue weighted by Crippen LogP contribution is -2.44. The number of hydrogen-bond acceptors (Lipinski definition) is 6. The normalized spacial score (nSPS) is 17.1. The van der Waals surface area contributed by atoms with Crippen molar-refractivity contribution >= 4 is 46.5 Å². The van der Waals surface area contributed by atoms with Crippen LogP contribution in [0.2, 0.25) is 0 Å². The Morgan fingerprint density at radius 3 is 2.51 bits per heavy atom. The molecule has 0 saturated carbocycles. The molecule has 35 heavy (non-hydrogen) atoms. The maximum atomic E-state index is 12.7. The van der Waals surface area contributed by atoms with Crippen LogP contribution in [0.25, 0.3) is 6.08 Å². The van der Waals surface area contributed by atoms with Gasteiger partial charge in [0.25, 0.3) is 17.1 Å². The fraction of sp³-hybridized carbons (Fsp3) is 0.308. The van der Waals surface area contributed by atoms with Crippen molar-refractivity contribution in [3.63, 3.8) is 0 Å². The SMILES string of the molecule is Cc1cccc(NC(=O)COc2ccc(/C=C3/SC(=O)N(CC(=O)N4CCCCC4)C3=O)cc2)c1. The molecule has 182 valence electrons. The number of amides is 4. The second kappa shape index (κ2) is 11.2. The van der Waals surface area contributed by atoms with Gasteiger partial charge >= 0.3 is 0 Å². The summed E-state index contributed by atoms with van der Waals surface area (Å²) >= 11 is 0.829. The molecule has 0 spiro atoms. The third kappa shape index (κ3) is 6.51. The summed E-state index contributed by atoms with van der Waals surface area (Å²) in [6, 6.07) is 14.4. The molecule has 1 N–H and O–H groups in total. The summed E-state index contributed by atoms with van der Waals surface area (Å²) < 4.78 is 5.54. The van der Waals surface area contributed by atoms with E-state index in [0.29, 0.717) is 30.1 Å². The Morgan fingerprint density at radius 2 is 1.80 bits per heavy atom. The first-order valence-electron chi connectivity index (χ1n) is 11.5. The Labute approximate surface area is 208 Å². The van der Waals surface area contributed by atoms with E-state index in [0.717, 1.165) is 41.5 Å². The van der Waals surface area contributed by atoms with Crippen LogP contribution in [-0.4, -0.2) is 59.0 Å². The number of likely N-dealkylation sites (tertiary alicyclic amines) is 1. The molecule has 2 aromatic carbocycles. The summed E-state index contributed by atoms with van der Waals surface area (Å²) in [5.41, 5.74) is 2.46. The summed E-state index contributed by atoms with van der Waals surface area (Å²) in [5.74, 6) is -0.422. The molecule has 4 rings (SSSR count). The van der Waals surface area contributed by atoms with Crippen LogP contribution in [0.15, 0.2) is 53.4 Å². The van der Waals surface area contributed by atoms with Crippen LogP contribution in [0, 0.1) is 6.92 Å². The van der Waals surface area contributed by atoms with Gasteiger partial charge in [0.05, 0.1) is 4.91 Å². The number of benzene rings is 2. The van der Waals surface area contributed by atoms with E-state index < -0.39 is 11.1 Å². The fourth-order valence-corrected chi connectivity index (χ4v) is 4.73. The highest BCUT2D eigenvalue weighted by Crippen LogP contribution is 2.32. The second-order valence-corrected chi connectivity index (χ2v) is 9.48. The van der Waals surface area contributed by atoms with E-state index in [1.165, 1.54) is 0 Å². The number of nitrogens with zero attached hydrogens (tertiary/aromatic N) is 2. The molecule has 9 heteroatoms. The minimum absolute atomic E-state index is 0.142. The van der Waals surface area contributed by atoms with Crippen LogP contribution in [-0.2, 0) is 14.4 Å². The van der Waals surface area contributed by atoms with Gasteiger partial charge in [0.15, 0.2) is 6.61 Å². The highest BCUT2D eigenvalue weighted by atomic mass is 32.2. The number of thioether (sulfide) groups is 1. The van der Waals surface area contributed by atoms with Crippen molar-refractivity contribution in [3.8, 4) is 5.75 Å². The summed E-state index contributed by atoms with van der Waals surface area (Å²) in [6.45, 7) is 2.93. The molecule has 0 aliphatic carbocycles. The van der Waals surface area contributed by atoms with Gasteiger partial charge in [-0.25, -0.2) is 0 Å². The molecular weight excluding hydrogens is 466 g/mol. The van der Waals surface area contributed by atoms with Crippen LogP contribution in [0.1, 0.15) is 30.4 Å². The maximum absolute atomic E-state index is 12.7. The Morgan fingerprint density at radius 1 is 1.06 bits per heavy atom. The molecule has 2 aromatic rings. The lowest BCUT2D eigenvalue weighted by molar-refractivity contribution is -0.136. The molecule has 0 unspecified atom stereocenters. The first kappa shape index (κ1) is 24.5. The third-order valence-electron chi connectivity index (χ3n) is 5.73. The zero-order valence-corrected chi connectivity index (χ0v) is 20.3. The van der Waals surface area contributed by atoms with Crippen molar-refractivity contribution in [2.24, 2.45) is 0 Å². The van der Waals surface area contributed by atoms with Crippen molar-refractivity contribution < 1.29 is 23.9 Å². The number of anilines is 1. The molecule has 0 radical (unpaired) electrons. The van der Waals surface area contributed by atoms with Gasteiger partial charge in [-0.15, -0.1) is 0 Å². The van der Waals surface area contributed by atoms with Crippen LogP contribution in [0.5, 0.6) is 5.75 Å². The number of carbonyl (C=O) groups is 4. The highest BCUT2D eigenvalue weighted by molar-refractivity contribution is 8.18. The van der Waals surface area contributed by atoms with Crippen LogP contribution in [0.3, 0.4) is 0 Å². The maximum Gasteiger partial charge on any atom is 0.294 e. The zero-order valence-electron chi connectivity index (χ0n) is 19.5. The smallest absolute Gasteiger partial charge is 0.294 e. The molecular formula is C26H27N3O5S. The Bertz CT molecular complexity index is 1160. The highest BCUT2D eigenvalue weighted by Gasteiger charge is 2.37. The summed E-state index contributed by atoms with van der Waals surface area (Å²) in [7, 11) is 0. The minimum atomic E-state index is -0.460. The van der Waals surface area contributed by atoms with E-state index in [2.05, 4.69) is 5.32 Å². The van der Waals surface area contributed by atoms with Crippen molar-refractivity contribution in [3.05, 3.63) is 64.6 Å². The average molecular weight is 494 g/mol. The molecule has 2 fully saturated rings. The van der Waals surface area contributed by atoms with Crippen LogP contribution in [0.4, 0.5) is 10.5 Å². The number of ether oxygens (including phenoxy) is 1. The monoisotopic (exact) mass is 493 g/mol. The number of aryl methyl sites for hydroxylation is 1. The number of carbonyl (C=O) groups excluding carboxylic acids is 4. The van der Waals surface area contributed by atoms with Crippen molar-refractivity contribution in [2.75, 3.05) is 31.6 Å². The fourth-order valence-electron chi connectivity index (χ4n) is 3.90. The molecule has 8 nitrogen and oxygen atoms in total. The van der Waals surface area contributed by atoms with Gasteiger partial charge in [0, 0.05) is 18.8 Å². The van der Waals surface area contributed by atoms with Gasteiger partial charge in [-0.2, -0.15) is 0 Å². The van der Waals surface area contributed by atoms with E-state index in [9.17, 15) is 19.2 Å². The van der Waals surface area contributed by atoms with Gasteiger partial charge in [-0.1, -0.05) is 24.3 Å². The number of hydrogen-bond donors (Lipinski definition) is 1. The van der Waals surface area contributed by atoms with E-state index in [-0.39, 0.29) is 29.9 Å². The molecule has 0 bridgehead atoms. The van der Waals surface area contributed by atoms with Gasteiger partial charge in [-0.3, -0.25) is 24.1 Å². The Kier molecular flexibility index (Phi) is 7.87. The van der Waals surface area contributed by atoms with Gasteiger partial charge in [0.1, 0.15) is 12.3 Å². The first-order valence-corrected chi connectivity index (χ1v) is 12.3. The van der Waals surface area contributed by atoms with Crippen LogP contribution < -0.4 is 10.1 Å². The van der Waals surface area contributed by atoms with Gasteiger partial charge in [0.2, 0.25) is 5.91 Å². The largest absolute Gasteiger partial charge is 0.484 e. The van der Waals surface area contributed by atoms with Crippen molar-refractivity contribution in [2.45, 2.75) is 26.2 Å². The van der Waals surface area contributed by atoms with E-state index in [1.807, 2.05) is 31.2 Å². The van der Waals surface area contributed by atoms with E-state index in [1.54, 1.807) is 35.2 Å². The predicted molar refractivity (Wildman–Crippen MR) is 135 cm³/mol. The number of rotatable bonds is 7. The molecule has 0 atom stereocenters. The minimum Gasteiger partial charge on any atom is -0.484 e. The molecule has 4 amide bonds. The molecule has 0 aromatic heterocycles. The standard InChI is InChI=1S/C26H27N3O5S/c1-18-6-5-7-20(14-18)27-23(30)17-34-21-10-8-19(9-11-21)15-22-25(32)29(26(33)35-22)16-24(31)28-12-3-2-4-13-28/h5-11,14-15H,2-4,12-13,16-17H2,1H3,(H,27,30)/b22-15+. The second-order valence-electron chi connectivity index (χ2n) is 8.48. The molecule has 2 heterocycles. The molecule has 2 saturated heterocycles. The summed E-state index contributed by atoms with van der Waals surface area (Å²) in [4.78, 5) is 52.7. The predicted octanol–water partition coefficient (Wildman–Crippen LogP) is 4.06. The summed E-state index contributed by atoms with van der Waals surface area (Å²) in [5, 5.41) is 2.34. The quantitative estimate of drug-likeness (QED) is 0.585. The zero-order chi connectivity index (χ0) is 24.8. The van der Waals surface area contributed by atoms with E-state index >= 15 is 0 Å².